The molecular weight excluding hydrogens is 472 g/mol. The molecular formula is C29H32N2O4S. The molecule has 0 saturated heterocycles. The highest BCUT2D eigenvalue weighted by Crippen LogP contribution is 2.34. The Morgan fingerprint density at radius 1 is 1.00 bits per heavy atom. The third kappa shape index (κ3) is 6.49. The molecule has 188 valence electrons. The van der Waals surface area contributed by atoms with E-state index in [2.05, 4.69) is 24.5 Å². The summed E-state index contributed by atoms with van der Waals surface area (Å²) in [5.41, 5.74) is 5.47. The molecule has 1 aromatic heterocycles. The highest BCUT2D eigenvalue weighted by Gasteiger charge is 2.26. The Balaban J connectivity index is 1.85. The van der Waals surface area contributed by atoms with Crippen LogP contribution in [0.1, 0.15) is 74.5 Å². The van der Waals surface area contributed by atoms with Crippen LogP contribution in [-0.4, -0.2) is 24.4 Å². The number of carbonyl (C=O) groups is 3. The fourth-order valence-corrected chi connectivity index (χ4v) is 4.81. The van der Waals surface area contributed by atoms with Crippen LogP contribution in [-0.2, 0) is 9.53 Å². The lowest BCUT2D eigenvalue weighted by Gasteiger charge is -2.09. The second kappa shape index (κ2) is 11.8. The minimum atomic E-state index is -0.583. The van der Waals surface area contributed by atoms with Gasteiger partial charge in [0.2, 0.25) is 5.91 Å². The monoisotopic (exact) mass is 504 g/mol. The van der Waals surface area contributed by atoms with Crippen LogP contribution in [0.2, 0.25) is 0 Å². The summed E-state index contributed by atoms with van der Waals surface area (Å²) in [5.74, 6) is -0.913. The van der Waals surface area contributed by atoms with Crippen molar-refractivity contribution >= 4 is 45.9 Å². The summed E-state index contributed by atoms with van der Waals surface area (Å²) in [6, 6.07) is 13.7. The first-order chi connectivity index (χ1) is 17.1. The average Bonchev–Trinajstić information content (AvgIpc) is 3.15. The summed E-state index contributed by atoms with van der Waals surface area (Å²) in [7, 11) is 0. The van der Waals surface area contributed by atoms with Crippen LogP contribution in [0.4, 0.5) is 10.7 Å². The van der Waals surface area contributed by atoms with Gasteiger partial charge >= 0.3 is 5.97 Å². The fraction of sp³-hybridized carbons (Fsp3) is 0.276. The van der Waals surface area contributed by atoms with Gasteiger partial charge in [0, 0.05) is 11.8 Å². The van der Waals surface area contributed by atoms with Crippen molar-refractivity contribution in [2.24, 2.45) is 0 Å². The molecule has 0 atom stereocenters. The quantitative estimate of drug-likeness (QED) is 0.259. The van der Waals surface area contributed by atoms with E-state index in [1.165, 1.54) is 11.6 Å². The van der Waals surface area contributed by atoms with E-state index < -0.39 is 11.9 Å². The van der Waals surface area contributed by atoms with Gasteiger partial charge in [0.25, 0.3) is 5.91 Å². The van der Waals surface area contributed by atoms with Crippen LogP contribution in [0.25, 0.3) is 6.08 Å². The van der Waals surface area contributed by atoms with Gasteiger partial charge in [-0.3, -0.25) is 9.59 Å². The second-order valence-electron chi connectivity index (χ2n) is 8.90. The molecule has 0 aliphatic rings. The van der Waals surface area contributed by atoms with Crippen molar-refractivity contribution in [1.29, 1.82) is 0 Å². The zero-order chi connectivity index (χ0) is 26.4. The Hall–Kier alpha value is -3.71. The number of nitrogens with one attached hydrogen (secondary N) is 2. The van der Waals surface area contributed by atoms with Crippen LogP contribution in [0.15, 0.2) is 48.5 Å². The van der Waals surface area contributed by atoms with E-state index in [1.54, 1.807) is 19.9 Å². The second-order valence-corrected chi connectivity index (χ2v) is 9.92. The molecule has 0 unspecified atom stereocenters. The summed E-state index contributed by atoms with van der Waals surface area (Å²) < 4.78 is 5.20. The topological polar surface area (TPSA) is 84.5 Å². The van der Waals surface area contributed by atoms with Crippen molar-refractivity contribution < 1.29 is 19.1 Å². The van der Waals surface area contributed by atoms with E-state index in [4.69, 9.17) is 4.74 Å². The molecule has 2 N–H and O–H groups in total. The van der Waals surface area contributed by atoms with E-state index in [1.807, 2.05) is 56.3 Å². The molecule has 6 nitrogen and oxygen atoms in total. The Labute approximate surface area is 216 Å². The summed E-state index contributed by atoms with van der Waals surface area (Å²) in [4.78, 5) is 38.9. The standard InChI is InChI=1S/C29H32N2O4S/c1-7-35-29(34)25-20(6)26(27(33)30-23-14-8-18(4)16-19(23)5)36-28(25)31-24(32)15-11-21-9-12-22(13-10-21)17(2)3/h8-17H,7H2,1-6H3,(H,30,33)(H,31,32)/b15-11+. The van der Waals surface area contributed by atoms with Crippen LogP contribution in [0.3, 0.4) is 0 Å². The largest absolute Gasteiger partial charge is 0.462 e. The molecule has 2 aromatic carbocycles. The van der Waals surface area contributed by atoms with Crippen LogP contribution in [0.5, 0.6) is 0 Å². The minimum absolute atomic E-state index is 0.178. The highest BCUT2D eigenvalue weighted by molar-refractivity contribution is 7.19. The van der Waals surface area contributed by atoms with Crippen LogP contribution < -0.4 is 10.6 Å². The van der Waals surface area contributed by atoms with Gasteiger partial charge in [-0.2, -0.15) is 0 Å². The summed E-state index contributed by atoms with van der Waals surface area (Å²) in [5, 5.41) is 5.95. The van der Waals surface area contributed by atoms with Crippen LogP contribution >= 0.6 is 11.3 Å². The number of ether oxygens (including phenoxy) is 1. The normalized spacial score (nSPS) is 11.1. The van der Waals surface area contributed by atoms with Crippen molar-refractivity contribution in [2.75, 3.05) is 17.2 Å². The molecule has 0 radical (unpaired) electrons. The Bertz CT molecular complexity index is 1300. The summed E-state index contributed by atoms with van der Waals surface area (Å²) in [6.07, 6.45) is 3.11. The number of hydrogen-bond acceptors (Lipinski definition) is 5. The zero-order valence-electron chi connectivity index (χ0n) is 21.5. The van der Waals surface area contributed by atoms with Gasteiger partial charge in [-0.25, -0.2) is 4.79 Å². The molecule has 0 spiro atoms. The molecule has 0 fully saturated rings. The molecule has 2 amide bonds. The van der Waals surface area contributed by atoms with Crippen molar-refractivity contribution in [3.63, 3.8) is 0 Å². The van der Waals surface area contributed by atoms with Gasteiger partial charge in [-0.15, -0.1) is 11.3 Å². The number of esters is 1. The van der Waals surface area contributed by atoms with Crippen molar-refractivity contribution in [3.05, 3.63) is 86.8 Å². The van der Waals surface area contributed by atoms with Crippen molar-refractivity contribution in [3.8, 4) is 0 Å². The first-order valence-corrected chi connectivity index (χ1v) is 12.7. The number of amides is 2. The number of aryl methyl sites for hydroxylation is 2. The molecule has 0 saturated carbocycles. The third-order valence-corrected chi connectivity index (χ3v) is 6.94. The molecule has 3 aromatic rings. The van der Waals surface area contributed by atoms with Crippen molar-refractivity contribution in [1.82, 2.24) is 0 Å². The molecule has 0 bridgehead atoms. The van der Waals surface area contributed by atoms with Crippen molar-refractivity contribution in [2.45, 2.75) is 47.5 Å². The zero-order valence-corrected chi connectivity index (χ0v) is 22.3. The number of rotatable bonds is 8. The Morgan fingerprint density at radius 2 is 1.69 bits per heavy atom. The summed E-state index contributed by atoms with van der Waals surface area (Å²) in [6.45, 7) is 11.7. The third-order valence-electron chi connectivity index (χ3n) is 5.73. The number of hydrogen-bond donors (Lipinski definition) is 2. The highest BCUT2D eigenvalue weighted by atomic mass is 32.1. The Morgan fingerprint density at radius 3 is 2.31 bits per heavy atom. The number of benzene rings is 2. The predicted octanol–water partition coefficient (Wildman–Crippen LogP) is 6.88. The molecule has 1 heterocycles. The molecule has 0 aliphatic carbocycles. The first kappa shape index (κ1) is 26.9. The molecule has 36 heavy (non-hydrogen) atoms. The van der Waals surface area contributed by atoms with Gasteiger partial charge in [-0.1, -0.05) is 55.8 Å². The van der Waals surface area contributed by atoms with Crippen LogP contribution in [0, 0.1) is 20.8 Å². The molecule has 7 heteroatoms. The number of anilines is 2. The number of thiophene rings is 1. The maximum Gasteiger partial charge on any atom is 0.341 e. The van der Waals surface area contributed by atoms with E-state index >= 15 is 0 Å². The minimum Gasteiger partial charge on any atom is -0.462 e. The molecule has 3 rings (SSSR count). The maximum absolute atomic E-state index is 13.1. The summed E-state index contributed by atoms with van der Waals surface area (Å²) >= 11 is 1.05. The lowest BCUT2D eigenvalue weighted by atomic mass is 10.0. The first-order valence-electron chi connectivity index (χ1n) is 11.9. The van der Waals surface area contributed by atoms with Gasteiger partial charge < -0.3 is 15.4 Å². The lowest BCUT2D eigenvalue weighted by molar-refractivity contribution is -0.111. The van der Waals surface area contributed by atoms with Gasteiger partial charge in [0.05, 0.1) is 17.0 Å². The van der Waals surface area contributed by atoms with Gasteiger partial charge in [0.15, 0.2) is 0 Å². The van der Waals surface area contributed by atoms with Gasteiger partial charge in [0.1, 0.15) is 5.00 Å². The van der Waals surface area contributed by atoms with E-state index in [-0.39, 0.29) is 23.1 Å². The predicted molar refractivity (Wildman–Crippen MR) is 147 cm³/mol. The fourth-order valence-electron chi connectivity index (χ4n) is 3.72. The number of carbonyl (C=O) groups excluding carboxylic acids is 3. The maximum atomic E-state index is 13.1. The lowest BCUT2D eigenvalue weighted by Crippen LogP contribution is -2.14. The van der Waals surface area contributed by atoms with E-state index in [0.717, 1.165) is 28.0 Å². The average molecular weight is 505 g/mol. The molecule has 0 aliphatic heterocycles. The Kier molecular flexibility index (Phi) is 8.83. The van der Waals surface area contributed by atoms with E-state index in [9.17, 15) is 14.4 Å². The smallest absolute Gasteiger partial charge is 0.341 e. The van der Waals surface area contributed by atoms with Gasteiger partial charge in [-0.05, 0) is 68.0 Å². The SMILES string of the molecule is CCOC(=O)c1c(NC(=O)/C=C/c2ccc(C(C)C)cc2)sc(C(=O)Nc2ccc(C)cc2C)c1C. The van der Waals surface area contributed by atoms with E-state index in [0.29, 0.717) is 22.0 Å².